The molecule has 0 fully saturated rings. The van der Waals surface area contributed by atoms with Crippen molar-refractivity contribution in [2.45, 2.75) is 46.0 Å². The third-order valence-corrected chi connectivity index (χ3v) is 8.06. The van der Waals surface area contributed by atoms with E-state index in [4.69, 9.17) is 9.92 Å². The largest absolute Gasteiger partial charge is 0.398 e. The van der Waals surface area contributed by atoms with Gasteiger partial charge in [-0.3, -0.25) is 0 Å². The van der Waals surface area contributed by atoms with Crippen LogP contribution in [0.3, 0.4) is 0 Å². The number of nitrogens with two attached hydrogens (primary N) is 1. The average molecular weight is 457 g/mol. The molecule has 0 aliphatic rings. The summed E-state index contributed by atoms with van der Waals surface area (Å²) in [6, 6.07) is 3.12. The number of sulfonamides is 2. The Morgan fingerprint density at radius 2 is 1.39 bits per heavy atom. The van der Waals surface area contributed by atoms with Gasteiger partial charge in [-0.15, -0.1) is 4.13 Å². The van der Waals surface area contributed by atoms with Crippen LogP contribution in [0.4, 0.5) is 5.69 Å². The van der Waals surface area contributed by atoms with E-state index in [-0.39, 0.29) is 24.0 Å². The van der Waals surface area contributed by atoms with Gasteiger partial charge in [0, 0.05) is 5.69 Å². The first kappa shape index (κ1) is 24.7. The molecule has 0 unspecified atom stereocenters. The molecule has 0 radical (unpaired) electrons. The van der Waals surface area contributed by atoms with Crippen LogP contribution in [-0.4, -0.2) is 43.0 Å². The molecule has 28 heavy (non-hydrogen) atoms. The maximum absolute atomic E-state index is 12.2. The predicted octanol–water partition coefficient (Wildman–Crippen LogP) is 1.49. The molecule has 0 bridgehead atoms. The van der Waals surface area contributed by atoms with Crippen LogP contribution in [0, 0.1) is 0 Å². The van der Waals surface area contributed by atoms with E-state index in [1.54, 1.807) is 12.1 Å². The molecule has 3 N–H and O–H groups in total. The molecule has 12 heteroatoms. The average Bonchev–Trinajstić information content (AvgIpc) is 2.44. The minimum atomic E-state index is -4.15. The molecule has 1 aromatic carbocycles. The number of nitrogen functional groups attached to an aromatic ring is 1. The van der Waals surface area contributed by atoms with Crippen molar-refractivity contribution in [2.75, 3.05) is 23.5 Å². The maximum atomic E-state index is 12.2. The normalized spacial score (nSPS) is 13.2. The van der Waals surface area contributed by atoms with Crippen molar-refractivity contribution in [3.63, 3.8) is 0 Å². The van der Waals surface area contributed by atoms with Crippen molar-refractivity contribution < 1.29 is 29.4 Å². The van der Waals surface area contributed by atoms with Gasteiger partial charge >= 0.3 is 10.1 Å². The van der Waals surface area contributed by atoms with E-state index in [0.29, 0.717) is 11.9 Å². The summed E-state index contributed by atoms with van der Waals surface area (Å²) in [5.41, 5.74) is 8.28. The molecule has 162 valence electrons. The van der Waals surface area contributed by atoms with Crippen LogP contribution < -0.4 is 14.0 Å². The van der Waals surface area contributed by atoms with Crippen LogP contribution in [0.2, 0.25) is 0 Å². The molecule has 9 nitrogen and oxygen atoms in total. The molecule has 0 saturated heterocycles. The fourth-order valence-electron chi connectivity index (χ4n) is 2.56. The first-order valence-electron chi connectivity index (χ1n) is 8.59. The summed E-state index contributed by atoms with van der Waals surface area (Å²) in [5.74, 6) is -1.04. The van der Waals surface area contributed by atoms with Gasteiger partial charge in [-0.2, -0.15) is 8.42 Å². The van der Waals surface area contributed by atoms with Gasteiger partial charge in [0.25, 0.3) is 0 Å². The molecule has 0 heterocycles. The van der Waals surface area contributed by atoms with Crippen molar-refractivity contribution in [1.82, 2.24) is 4.13 Å². The second kappa shape index (κ2) is 8.97. The van der Waals surface area contributed by atoms with E-state index in [0.717, 1.165) is 11.1 Å². The molecule has 1 rings (SSSR count). The first-order chi connectivity index (χ1) is 12.5. The SMILES string of the molecule is CC(C)c1cc(OS(=O)(=O)CCCS(=O)(=O)NS(C)(=O)=O)cc(C(C)C)c1N. The summed E-state index contributed by atoms with van der Waals surface area (Å²) in [6.07, 6.45) is 0.375. The molecule has 0 saturated carbocycles. The number of hydrogen-bond acceptors (Lipinski definition) is 8. The minimum absolute atomic E-state index is 0.0518. The van der Waals surface area contributed by atoms with Crippen LogP contribution in [0.25, 0.3) is 0 Å². The highest BCUT2D eigenvalue weighted by Crippen LogP contribution is 2.34. The number of anilines is 1. The third kappa shape index (κ3) is 7.94. The third-order valence-electron chi connectivity index (χ3n) is 3.77. The van der Waals surface area contributed by atoms with E-state index >= 15 is 0 Å². The van der Waals surface area contributed by atoms with E-state index in [2.05, 4.69) is 0 Å². The molecule has 0 aromatic heterocycles. The second-order valence-electron chi connectivity index (χ2n) is 7.20. The Bertz CT molecular complexity index is 983. The molecule has 0 spiro atoms. The highest BCUT2D eigenvalue weighted by atomic mass is 32.3. The smallest absolute Gasteiger partial charge is 0.309 e. The number of nitrogens with one attached hydrogen (secondary N) is 1. The molecule has 0 amide bonds. The fourth-order valence-corrected chi connectivity index (χ4v) is 6.42. The lowest BCUT2D eigenvalue weighted by Gasteiger charge is -2.18. The summed E-state index contributed by atoms with van der Waals surface area (Å²) in [4.78, 5) is 0. The monoisotopic (exact) mass is 456 g/mol. The zero-order valence-electron chi connectivity index (χ0n) is 16.6. The Balaban J connectivity index is 2.95. The van der Waals surface area contributed by atoms with Crippen LogP contribution in [0.1, 0.15) is 57.1 Å². The van der Waals surface area contributed by atoms with E-state index in [9.17, 15) is 25.3 Å². The van der Waals surface area contributed by atoms with E-state index < -0.39 is 41.7 Å². The number of benzene rings is 1. The Morgan fingerprint density at radius 1 is 0.929 bits per heavy atom. The lowest BCUT2D eigenvalue weighted by Crippen LogP contribution is -2.32. The van der Waals surface area contributed by atoms with Crippen molar-refractivity contribution in [3.05, 3.63) is 23.3 Å². The first-order valence-corrected chi connectivity index (χ1v) is 13.7. The van der Waals surface area contributed by atoms with Gasteiger partial charge in [0.05, 0.1) is 17.8 Å². The summed E-state index contributed by atoms with van der Waals surface area (Å²) in [5, 5.41) is 0. The molecule has 0 aliphatic carbocycles. The predicted molar refractivity (Wildman–Crippen MR) is 110 cm³/mol. The molecule has 0 aliphatic heterocycles. The summed E-state index contributed by atoms with van der Waals surface area (Å²) in [7, 11) is -12.2. The zero-order chi connectivity index (χ0) is 21.9. The van der Waals surface area contributed by atoms with Crippen molar-refractivity contribution in [3.8, 4) is 5.75 Å². The van der Waals surface area contributed by atoms with Gasteiger partial charge in [0.15, 0.2) is 0 Å². The van der Waals surface area contributed by atoms with Gasteiger partial charge in [-0.1, -0.05) is 27.7 Å². The quantitative estimate of drug-likeness (QED) is 0.397. The van der Waals surface area contributed by atoms with Gasteiger partial charge in [-0.25, -0.2) is 16.8 Å². The van der Waals surface area contributed by atoms with Gasteiger partial charge in [0.2, 0.25) is 20.0 Å². The Morgan fingerprint density at radius 3 is 1.79 bits per heavy atom. The van der Waals surface area contributed by atoms with Gasteiger partial charge < -0.3 is 9.92 Å². The lowest BCUT2D eigenvalue weighted by atomic mass is 9.92. The van der Waals surface area contributed by atoms with Crippen LogP contribution in [0.5, 0.6) is 5.75 Å². The van der Waals surface area contributed by atoms with E-state index in [1.165, 1.54) is 4.13 Å². The molecule has 1 aromatic rings. The molecule has 0 atom stereocenters. The summed E-state index contributed by atoms with van der Waals surface area (Å²) < 4.78 is 76.3. The summed E-state index contributed by atoms with van der Waals surface area (Å²) >= 11 is 0. The van der Waals surface area contributed by atoms with Gasteiger partial charge in [0.1, 0.15) is 5.75 Å². The number of hydrogen-bond donors (Lipinski definition) is 2. The molecular formula is C16H28N2O7S3. The van der Waals surface area contributed by atoms with Crippen LogP contribution in [-0.2, 0) is 30.2 Å². The second-order valence-corrected chi connectivity index (χ2v) is 12.7. The lowest BCUT2D eigenvalue weighted by molar-refractivity contribution is 0.484. The Kier molecular flexibility index (Phi) is 7.90. The number of rotatable bonds is 10. The van der Waals surface area contributed by atoms with Crippen molar-refractivity contribution in [1.29, 1.82) is 0 Å². The van der Waals surface area contributed by atoms with Crippen LogP contribution in [0.15, 0.2) is 12.1 Å². The fraction of sp³-hybridized carbons (Fsp3) is 0.625. The van der Waals surface area contributed by atoms with Crippen molar-refractivity contribution >= 4 is 35.9 Å². The molecular weight excluding hydrogens is 428 g/mol. The van der Waals surface area contributed by atoms with E-state index in [1.807, 2.05) is 27.7 Å². The maximum Gasteiger partial charge on any atom is 0.309 e. The Hall–Kier alpha value is -1.37. The van der Waals surface area contributed by atoms with Crippen LogP contribution >= 0.6 is 0 Å². The van der Waals surface area contributed by atoms with Crippen molar-refractivity contribution in [2.24, 2.45) is 0 Å². The summed E-state index contributed by atoms with van der Waals surface area (Å²) in [6.45, 7) is 7.70. The minimum Gasteiger partial charge on any atom is -0.398 e. The van der Waals surface area contributed by atoms with Gasteiger partial charge in [-0.05, 0) is 41.5 Å². The Labute approximate surface area is 167 Å². The zero-order valence-corrected chi connectivity index (χ0v) is 19.0. The topological polar surface area (TPSA) is 150 Å². The standard InChI is InChI=1S/C16H28N2O7S3/c1-11(2)14-9-13(10-15(12(3)4)16(14)17)25-28(23,24)8-6-7-27(21,22)18-26(5,19)20/h9-12,18H,6-8,17H2,1-5H3. The highest BCUT2D eigenvalue weighted by Gasteiger charge is 2.21. The highest BCUT2D eigenvalue weighted by molar-refractivity contribution is 8.04.